The molecule has 6 nitrogen and oxygen atoms in total. The molecule has 2 aromatic heterocycles. The van der Waals surface area contributed by atoms with Gasteiger partial charge in [0.1, 0.15) is 6.61 Å². The van der Waals surface area contributed by atoms with Gasteiger partial charge in [0.25, 0.3) is 0 Å². The van der Waals surface area contributed by atoms with Crippen LogP contribution in [-0.2, 0) is 0 Å². The van der Waals surface area contributed by atoms with Crippen molar-refractivity contribution in [2.24, 2.45) is 5.73 Å². The fourth-order valence-electron chi connectivity index (χ4n) is 3.03. The predicted molar refractivity (Wildman–Crippen MR) is 116 cm³/mol. The second-order valence-electron chi connectivity index (χ2n) is 6.53. The van der Waals surface area contributed by atoms with Crippen molar-refractivity contribution < 1.29 is 14.2 Å². The molecule has 0 aliphatic rings. The molecule has 2 heterocycles. The molecule has 152 valence electrons. The van der Waals surface area contributed by atoms with Crippen LogP contribution in [0.2, 0.25) is 5.02 Å². The van der Waals surface area contributed by atoms with Gasteiger partial charge in [0.2, 0.25) is 5.88 Å². The highest BCUT2D eigenvalue weighted by molar-refractivity contribution is 6.32. The number of pyridine rings is 2. The van der Waals surface area contributed by atoms with Crippen LogP contribution in [-0.4, -0.2) is 28.2 Å². The van der Waals surface area contributed by atoms with Crippen molar-refractivity contribution in [2.75, 3.05) is 18.5 Å². The average Bonchev–Trinajstić information content (AvgIpc) is 2.76. The third-order valence-corrected chi connectivity index (χ3v) is 4.76. The summed E-state index contributed by atoms with van der Waals surface area (Å²) in [5.74, 6) is -0.833. The molecule has 0 saturated carbocycles. The Morgan fingerprint density at radius 2 is 1.93 bits per heavy atom. The molecule has 0 fully saturated rings. The molecule has 0 spiro atoms. The van der Waals surface area contributed by atoms with Crippen molar-refractivity contribution in [2.45, 2.75) is 0 Å². The zero-order valence-electron chi connectivity index (χ0n) is 15.8. The zero-order chi connectivity index (χ0) is 21.1. The van der Waals surface area contributed by atoms with E-state index in [9.17, 15) is 9.50 Å². The van der Waals surface area contributed by atoms with Crippen molar-refractivity contribution in [1.29, 1.82) is 0 Å². The summed E-state index contributed by atoms with van der Waals surface area (Å²) >= 11 is 5.93. The highest BCUT2D eigenvalue weighted by atomic mass is 35.5. The molecule has 0 saturated heterocycles. The molecule has 0 amide bonds. The molecular formula is C22H18ClFN4O2. The summed E-state index contributed by atoms with van der Waals surface area (Å²) in [5.41, 5.74) is 9.07. The van der Waals surface area contributed by atoms with Crippen LogP contribution < -0.4 is 15.8 Å². The number of nitrogens with one attached hydrogen (secondary N) is 1. The minimum Gasteiger partial charge on any atom is -0.504 e. The second-order valence-corrected chi connectivity index (χ2v) is 6.93. The number of fused-ring (bicyclic) bond motifs is 1. The molecular weight excluding hydrogens is 407 g/mol. The molecule has 0 aliphatic carbocycles. The van der Waals surface area contributed by atoms with Crippen LogP contribution >= 0.6 is 11.6 Å². The molecule has 4 N–H and O–H groups in total. The lowest BCUT2D eigenvalue weighted by Crippen LogP contribution is -2.11. The number of phenolic OH excluding ortho intramolecular Hbond substituents is 1. The number of ether oxygens (including phenoxy) is 1. The van der Waals surface area contributed by atoms with Crippen LogP contribution in [0.1, 0.15) is 0 Å². The summed E-state index contributed by atoms with van der Waals surface area (Å²) in [6.45, 7) is 0.822. The normalized spacial score (nSPS) is 10.9. The summed E-state index contributed by atoms with van der Waals surface area (Å²) in [5, 5.41) is 13.7. The Morgan fingerprint density at radius 1 is 1.07 bits per heavy atom. The number of aromatic hydroxyl groups is 1. The Kier molecular flexibility index (Phi) is 5.65. The number of nitrogens with zero attached hydrogens (tertiary/aromatic N) is 2. The molecule has 0 aliphatic heterocycles. The first-order valence-corrected chi connectivity index (χ1v) is 9.56. The number of halogens is 2. The maximum Gasteiger partial charge on any atom is 0.213 e. The molecule has 0 bridgehead atoms. The number of anilines is 2. The van der Waals surface area contributed by atoms with E-state index < -0.39 is 11.6 Å². The van der Waals surface area contributed by atoms with Gasteiger partial charge in [0.15, 0.2) is 11.6 Å². The Bertz CT molecular complexity index is 1180. The van der Waals surface area contributed by atoms with Crippen molar-refractivity contribution >= 4 is 33.9 Å². The summed E-state index contributed by atoms with van der Waals surface area (Å²) < 4.78 is 19.3. The quantitative estimate of drug-likeness (QED) is 0.408. The summed E-state index contributed by atoms with van der Waals surface area (Å²) in [6, 6.07) is 13.8. The number of rotatable bonds is 6. The van der Waals surface area contributed by atoms with Crippen LogP contribution in [0.15, 0.2) is 60.9 Å². The van der Waals surface area contributed by atoms with E-state index in [1.807, 2.05) is 30.3 Å². The lowest BCUT2D eigenvalue weighted by Gasteiger charge is -2.12. The van der Waals surface area contributed by atoms with Crippen molar-refractivity contribution in [3.8, 4) is 22.8 Å². The van der Waals surface area contributed by atoms with Gasteiger partial charge in [-0.25, -0.2) is 9.37 Å². The fourth-order valence-corrected chi connectivity index (χ4v) is 3.23. The molecule has 2 aromatic carbocycles. The smallest absolute Gasteiger partial charge is 0.213 e. The van der Waals surface area contributed by atoms with Gasteiger partial charge in [-0.2, -0.15) is 0 Å². The van der Waals surface area contributed by atoms with Gasteiger partial charge in [-0.05, 0) is 47.5 Å². The number of hydrogen-bond acceptors (Lipinski definition) is 6. The number of benzene rings is 2. The monoisotopic (exact) mass is 424 g/mol. The summed E-state index contributed by atoms with van der Waals surface area (Å²) in [7, 11) is 0. The maximum atomic E-state index is 13.9. The van der Waals surface area contributed by atoms with E-state index >= 15 is 0 Å². The van der Waals surface area contributed by atoms with E-state index in [0.29, 0.717) is 24.6 Å². The second kappa shape index (κ2) is 8.52. The Labute approximate surface area is 177 Å². The van der Waals surface area contributed by atoms with Crippen LogP contribution in [0.4, 0.5) is 15.8 Å². The Balaban J connectivity index is 1.68. The van der Waals surface area contributed by atoms with E-state index in [1.165, 1.54) is 12.1 Å². The van der Waals surface area contributed by atoms with Gasteiger partial charge in [-0.1, -0.05) is 17.7 Å². The van der Waals surface area contributed by atoms with Gasteiger partial charge in [0, 0.05) is 29.9 Å². The third kappa shape index (κ3) is 4.12. The first kappa shape index (κ1) is 19.9. The van der Waals surface area contributed by atoms with Gasteiger partial charge in [-0.15, -0.1) is 0 Å². The van der Waals surface area contributed by atoms with Crippen LogP contribution in [0.5, 0.6) is 11.6 Å². The van der Waals surface area contributed by atoms with Gasteiger partial charge < -0.3 is 20.9 Å². The SMILES string of the molecule is NCCOc1ccc(Nc2ccnc3ccc(-c4cc(F)c(O)c(Cl)c4)cc23)cn1. The average molecular weight is 425 g/mol. The lowest BCUT2D eigenvalue weighted by atomic mass is 10.0. The van der Waals surface area contributed by atoms with Crippen LogP contribution in [0, 0.1) is 5.82 Å². The third-order valence-electron chi connectivity index (χ3n) is 4.47. The van der Waals surface area contributed by atoms with Crippen molar-refractivity contribution in [3.63, 3.8) is 0 Å². The number of aromatic nitrogens is 2. The highest BCUT2D eigenvalue weighted by Crippen LogP contribution is 2.35. The minimum absolute atomic E-state index is 0.0438. The van der Waals surface area contributed by atoms with E-state index in [2.05, 4.69) is 15.3 Å². The summed E-state index contributed by atoms with van der Waals surface area (Å²) in [4.78, 5) is 8.64. The van der Waals surface area contributed by atoms with Crippen LogP contribution in [0.3, 0.4) is 0 Å². The van der Waals surface area contributed by atoms with Gasteiger partial charge in [-0.3, -0.25) is 4.98 Å². The highest BCUT2D eigenvalue weighted by Gasteiger charge is 2.11. The first-order valence-electron chi connectivity index (χ1n) is 9.18. The maximum absolute atomic E-state index is 13.9. The number of nitrogens with two attached hydrogens (primary N) is 1. The number of hydrogen-bond donors (Lipinski definition) is 3. The minimum atomic E-state index is -0.773. The molecule has 8 heteroatoms. The lowest BCUT2D eigenvalue weighted by molar-refractivity contribution is 0.316. The van der Waals surface area contributed by atoms with Crippen LogP contribution in [0.25, 0.3) is 22.0 Å². The summed E-state index contributed by atoms with van der Waals surface area (Å²) in [6.07, 6.45) is 3.37. The van der Waals surface area contributed by atoms with Gasteiger partial charge in [0.05, 0.1) is 22.4 Å². The first-order chi connectivity index (χ1) is 14.5. The fraction of sp³-hybridized carbons (Fsp3) is 0.0909. The number of phenols is 1. The van der Waals surface area contributed by atoms with Crippen molar-refractivity contribution in [1.82, 2.24) is 9.97 Å². The topological polar surface area (TPSA) is 93.3 Å². The Morgan fingerprint density at radius 3 is 2.67 bits per heavy atom. The molecule has 30 heavy (non-hydrogen) atoms. The molecule has 4 rings (SSSR count). The standard InChI is InChI=1S/C22H18ClFN4O2/c23-17-10-14(11-18(24)22(17)29)13-1-3-19-16(9-13)20(5-7-26-19)28-15-2-4-21(27-12-15)30-8-6-25/h1-5,7,9-12,29H,6,8,25H2,(H,26,28). The van der Waals surface area contributed by atoms with E-state index in [1.54, 1.807) is 18.5 Å². The predicted octanol–water partition coefficient (Wildman–Crippen LogP) is 4.88. The Hall–Kier alpha value is -3.42. The van der Waals surface area contributed by atoms with E-state index in [4.69, 9.17) is 22.1 Å². The zero-order valence-corrected chi connectivity index (χ0v) is 16.5. The van der Waals surface area contributed by atoms with E-state index in [-0.39, 0.29) is 5.02 Å². The largest absolute Gasteiger partial charge is 0.504 e. The molecule has 0 radical (unpaired) electrons. The van der Waals surface area contributed by atoms with Gasteiger partial charge >= 0.3 is 0 Å². The van der Waals surface area contributed by atoms with Crippen molar-refractivity contribution in [3.05, 3.63) is 71.8 Å². The molecule has 0 unspecified atom stereocenters. The molecule has 0 atom stereocenters. The van der Waals surface area contributed by atoms with E-state index in [0.717, 1.165) is 27.8 Å². The molecule has 4 aromatic rings.